The van der Waals surface area contributed by atoms with Crippen molar-refractivity contribution in [1.29, 1.82) is 0 Å². The fourth-order valence-corrected chi connectivity index (χ4v) is 2.22. The Balaban J connectivity index is 2.31. The molecule has 0 saturated carbocycles. The number of Topliss-reactive ketones (excluding diaryl/α,β-unsaturated/α-hetero) is 1. The van der Waals surface area contributed by atoms with Crippen LogP contribution in [0, 0.1) is 0 Å². The van der Waals surface area contributed by atoms with E-state index in [-0.39, 0.29) is 5.78 Å². The molecule has 0 radical (unpaired) electrons. The molecule has 5 heteroatoms. The van der Waals surface area contributed by atoms with Crippen LogP contribution in [0.15, 0.2) is 36.4 Å². The summed E-state index contributed by atoms with van der Waals surface area (Å²) in [4.78, 5) is 11.7. The number of benzene rings is 2. The fourth-order valence-electron chi connectivity index (χ4n) is 1.65. The average molecular weight is 330 g/mol. The van der Waals surface area contributed by atoms with E-state index in [4.69, 9.17) is 39.5 Å². The van der Waals surface area contributed by atoms with Gasteiger partial charge in [-0.05, 0) is 18.2 Å². The van der Waals surface area contributed by atoms with E-state index in [0.29, 0.717) is 38.6 Å². The Morgan fingerprint density at radius 3 is 2.45 bits per heavy atom. The Kier molecular flexibility index (Phi) is 4.92. The highest BCUT2D eigenvalue weighted by Crippen LogP contribution is 2.36. The van der Waals surface area contributed by atoms with Gasteiger partial charge in [0.15, 0.2) is 5.78 Å². The first-order chi connectivity index (χ1) is 9.51. The lowest BCUT2D eigenvalue weighted by Gasteiger charge is -2.09. The second-order valence-electron chi connectivity index (χ2n) is 4.10. The molecule has 0 aromatic heterocycles. The quantitative estimate of drug-likeness (QED) is 0.505. The van der Waals surface area contributed by atoms with Crippen LogP contribution in [0.4, 0.5) is 0 Å². The molecule has 0 spiro atoms. The van der Waals surface area contributed by atoms with E-state index < -0.39 is 0 Å². The summed E-state index contributed by atoms with van der Waals surface area (Å²) in [6.45, 7) is 1.81. The predicted octanol–water partition coefficient (Wildman–Crippen LogP) is 6.03. The minimum atomic E-state index is 0.0516. The van der Waals surface area contributed by atoms with Crippen LogP contribution in [0.1, 0.15) is 23.7 Å². The highest BCUT2D eigenvalue weighted by molar-refractivity contribution is 6.43. The molecule has 0 bridgehead atoms. The van der Waals surface area contributed by atoms with Crippen LogP contribution in [0.25, 0.3) is 0 Å². The molecular formula is C15H11Cl3O2. The van der Waals surface area contributed by atoms with Gasteiger partial charge in [-0.25, -0.2) is 0 Å². The third-order valence-electron chi connectivity index (χ3n) is 2.68. The summed E-state index contributed by atoms with van der Waals surface area (Å²) in [6, 6.07) is 9.97. The van der Waals surface area contributed by atoms with Gasteiger partial charge >= 0.3 is 0 Å². The molecule has 0 aliphatic rings. The Morgan fingerprint density at radius 1 is 1.05 bits per heavy atom. The Bertz CT molecular complexity index is 654. The molecule has 0 aliphatic heterocycles. The second kappa shape index (κ2) is 6.49. The molecule has 104 valence electrons. The summed E-state index contributed by atoms with van der Waals surface area (Å²) in [6.07, 6.45) is 0.441. The van der Waals surface area contributed by atoms with Crippen LogP contribution >= 0.6 is 34.8 Å². The third kappa shape index (κ3) is 3.45. The van der Waals surface area contributed by atoms with Crippen molar-refractivity contribution < 1.29 is 9.53 Å². The van der Waals surface area contributed by atoms with Crippen LogP contribution < -0.4 is 4.74 Å². The number of ether oxygens (including phenoxy) is 1. The van der Waals surface area contributed by atoms with Crippen LogP contribution in [-0.4, -0.2) is 5.78 Å². The minimum Gasteiger partial charge on any atom is -0.456 e. The van der Waals surface area contributed by atoms with Crippen molar-refractivity contribution in [3.05, 3.63) is 57.0 Å². The van der Waals surface area contributed by atoms with Crippen LogP contribution in [0.2, 0.25) is 15.1 Å². The molecule has 0 aliphatic carbocycles. The number of carbonyl (C=O) groups excluding carboxylic acids is 1. The van der Waals surface area contributed by atoms with Crippen LogP contribution in [0.5, 0.6) is 11.5 Å². The zero-order valence-corrected chi connectivity index (χ0v) is 12.9. The zero-order chi connectivity index (χ0) is 14.7. The van der Waals surface area contributed by atoms with Crippen LogP contribution in [-0.2, 0) is 0 Å². The lowest BCUT2D eigenvalue weighted by molar-refractivity contribution is 0.0988. The summed E-state index contributed by atoms with van der Waals surface area (Å²) in [5.74, 6) is 0.961. The molecule has 2 nitrogen and oxygen atoms in total. The summed E-state index contributed by atoms with van der Waals surface area (Å²) in [5.41, 5.74) is 0.598. The normalized spacial score (nSPS) is 10.4. The number of rotatable bonds is 4. The summed E-state index contributed by atoms with van der Waals surface area (Å²) < 4.78 is 5.65. The lowest BCUT2D eigenvalue weighted by Crippen LogP contribution is -1.96. The molecule has 2 rings (SSSR count). The number of ketones is 1. The predicted molar refractivity (Wildman–Crippen MR) is 82.6 cm³/mol. The monoisotopic (exact) mass is 328 g/mol. The third-order valence-corrected chi connectivity index (χ3v) is 3.70. The van der Waals surface area contributed by atoms with Gasteiger partial charge in [0.2, 0.25) is 0 Å². The van der Waals surface area contributed by atoms with E-state index in [0.717, 1.165) is 0 Å². The van der Waals surface area contributed by atoms with Gasteiger partial charge in [0, 0.05) is 18.1 Å². The van der Waals surface area contributed by atoms with Crippen molar-refractivity contribution in [3.8, 4) is 11.5 Å². The molecule has 0 fully saturated rings. The van der Waals surface area contributed by atoms with Gasteiger partial charge in [-0.15, -0.1) is 0 Å². The van der Waals surface area contributed by atoms with Gasteiger partial charge in [0.1, 0.15) is 11.5 Å². The molecular weight excluding hydrogens is 319 g/mol. The highest BCUT2D eigenvalue weighted by atomic mass is 35.5. The smallest absolute Gasteiger partial charge is 0.162 e. The van der Waals surface area contributed by atoms with Crippen molar-refractivity contribution in [2.75, 3.05) is 0 Å². The molecule has 0 amide bonds. The van der Waals surface area contributed by atoms with Crippen molar-refractivity contribution in [2.45, 2.75) is 13.3 Å². The minimum absolute atomic E-state index is 0.0516. The lowest BCUT2D eigenvalue weighted by atomic mass is 10.1. The first kappa shape index (κ1) is 15.2. The standard InChI is InChI=1S/C15H11Cl3O2/c1-2-14(19)9-4-3-5-10(6-9)20-15-8-12(17)11(16)7-13(15)18/h3-8H,2H2,1H3. The van der Waals surface area contributed by atoms with E-state index in [2.05, 4.69) is 0 Å². The summed E-state index contributed by atoms with van der Waals surface area (Å²) >= 11 is 17.8. The topological polar surface area (TPSA) is 26.3 Å². The molecule has 0 atom stereocenters. The Morgan fingerprint density at radius 2 is 1.75 bits per heavy atom. The van der Waals surface area contributed by atoms with Gasteiger partial charge in [-0.1, -0.05) is 53.9 Å². The van der Waals surface area contributed by atoms with E-state index in [9.17, 15) is 4.79 Å². The van der Waals surface area contributed by atoms with Gasteiger partial charge < -0.3 is 4.74 Å². The highest BCUT2D eigenvalue weighted by Gasteiger charge is 2.10. The first-order valence-electron chi connectivity index (χ1n) is 5.97. The van der Waals surface area contributed by atoms with E-state index in [1.54, 1.807) is 30.3 Å². The largest absolute Gasteiger partial charge is 0.456 e. The Hall–Kier alpha value is -1.22. The summed E-state index contributed by atoms with van der Waals surface area (Å²) in [7, 11) is 0. The van der Waals surface area contributed by atoms with Crippen molar-refractivity contribution in [2.24, 2.45) is 0 Å². The molecule has 0 heterocycles. The van der Waals surface area contributed by atoms with E-state index in [1.807, 2.05) is 6.92 Å². The van der Waals surface area contributed by atoms with Crippen molar-refractivity contribution >= 4 is 40.6 Å². The Labute approximate surface area is 132 Å². The maximum absolute atomic E-state index is 11.7. The summed E-state index contributed by atoms with van der Waals surface area (Å²) in [5, 5.41) is 1.07. The maximum Gasteiger partial charge on any atom is 0.162 e. The average Bonchev–Trinajstić information content (AvgIpc) is 2.44. The molecule has 0 saturated heterocycles. The molecule has 2 aromatic rings. The molecule has 0 N–H and O–H groups in total. The van der Waals surface area contributed by atoms with Crippen molar-refractivity contribution in [3.63, 3.8) is 0 Å². The number of hydrogen-bond donors (Lipinski definition) is 0. The van der Waals surface area contributed by atoms with Crippen molar-refractivity contribution in [1.82, 2.24) is 0 Å². The van der Waals surface area contributed by atoms with E-state index in [1.165, 1.54) is 6.07 Å². The molecule has 20 heavy (non-hydrogen) atoms. The molecule has 2 aromatic carbocycles. The van der Waals surface area contributed by atoms with Gasteiger partial charge in [-0.2, -0.15) is 0 Å². The number of hydrogen-bond acceptors (Lipinski definition) is 2. The SMILES string of the molecule is CCC(=O)c1cccc(Oc2cc(Cl)c(Cl)cc2Cl)c1. The fraction of sp³-hybridized carbons (Fsp3) is 0.133. The second-order valence-corrected chi connectivity index (χ2v) is 5.32. The molecule has 0 unspecified atom stereocenters. The van der Waals surface area contributed by atoms with Gasteiger partial charge in [-0.3, -0.25) is 4.79 Å². The maximum atomic E-state index is 11.7. The zero-order valence-electron chi connectivity index (χ0n) is 10.6. The van der Waals surface area contributed by atoms with E-state index >= 15 is 0 Å². The first-order valence-corrected chi connectivity index (χ1v) is 7.10. The van der Waals surface area contributed by atoms with Crippen LogP contribution in [0.3, 0.4) is 0 Å². The van der Waals surface area contributed by atoms with Gasteiger partial charge in [0.25, 0.3) is 0 Å². The number of carbonyl (C=O) groups is 1. The van der Waals surface area contributed by atoms with Gasteiger partial charge in [0.05, 0.1) is 15.1 Å². The number of halogens is 3.